The van der Waals surface area contributed by atoms with Crippen molar-refractivity contribution in [3.8, 4) is 0 Å². The maximum Gasteiger partial charge on any atom is 0.159 e. The predicted molar refractivity (Wildman–Crippen MR) is 72.0 cm³/mol. The molecule has 3 nitrogen and oxygen atoms in total. The fourth-order valence-corrected chi connectivity index (χ4v) is 1.90. The summed E-state index contributed by atoms with van der Waals surface area (Å²) in [6.45, 7) is 2.20. The van der Waals surface area contributed by atoms with Crippen LogP contribution in [0.2, 0.25) is 0 Å². The molecule has 0 aliphatic rings. The Morgan fingerprint density at radius 3 is 2.45 bits per heavy atom. The topological polar surface area (TPSA) is 45.1 Å². The minimum atomic E-state index is -0.955. The summed E-state index contributed by atoms with van der Waals surface area (Å²) < 4.78 is 25.9. The van der Waals surface area contributed by atoms with E-state index >= 15 is 0 Å². The van der Waals surface area contributed by atoms with Crippen molar-refractivity contribution in [1.29, 1.82) is 0 Å². The molecular weight excluding hydrogens is 262 g/mol. The van der Waals surface area contributed by atoms with Gasteiger partial charge in [-0.25, -0.2) is 8.78 Å². The molecule has 0 fully saturated rings. The molecule has 106 valence electrons. The molecule has 1 heterocycles. The van der Waals surface area contributed by atoms with E-state index in [4.69, 9.17) is 0 Å². The number of aliphatic hydroxyl groups excluding tert-OH is 1. The summed E-state index contributed by atoms with van der Waals surface area (Å²) in [5.74, 6) is -1.87. The maximum atomic E-state index is 13.1. The number of aromatic nitrogens is 1. The lowest BCUT2D eigenvalue weighted by molar-refractivity contribution is 0.170. The van der Waals surface area contributed by atoms with Crippen LogP contribution in [0.15, 0.2) is 42.7 Å². The van der Waals surface area contributed by atoms with Crippen LogP contribution in [0.1, 0.15) is 30.2 Å². The Morgan fingerprint density at radius 2 is 1.80 bits per heavy atom. The average Bonchev–Trinajstić information content (AvgIpc) is 2.48. The average molecular weight is 278 g/mol. The molecule has 2 N–H and O–H groups in total. The molecule has 20 heavy (non-hydrogen) atoms. The van der Waals surface area contributed by atoms with Gasteiger partial charge in [0.15, 0.2) is 11.6 Å². The summed E-state index contributed by atoms with van der Waals surface area (Å²) in [5, 5.41) is 13.1. The van der Waals surface area contributed by atoms with Crippen LogP contribution in [0.5, 0.6) is 0 Å². The summed E-state index contributed by atoms with van der Waals surface area (Å²) in [7, 11) is 0. The van der Waals surface area contributed by atoms with E-state index in [1.54, 1.807) is 12.4 Å². The molecule has 0 radical (unpaired) electrons. The second kappa shape index (κ2) is 6.54. The summed E-state index contributed by atoms with van der Waals surface area (Å²) in [6.07, 6.45) is 2.49. The monoisotopic (exact) mass is 278 g/mol. The van der Waals surface area contributed by atoms with Gasteiger partial charge in [0.05, 0.1) is 6.10 Å². The summed E-state index contributed by atoms with van der Waals surface area (Å²) in [6, 6.07) is 7.18. The first-order chi connectivity index (χ1) is 9.58. The van der Waals surface area contributed by atoms with Gasteiger partial charge in [-0.2, -0.15) is 0 Å². The lowest BCUT2D eigenvalue weighted by atomic mass is 10.1. The molecule has 0 bridgehead atoms. The highest BCUT2D eigenvalue weighted by Gasteiger charge is 2.12. The molecule has 0 amide bonds. The third-order valence-electron chi connectivity index (χ3n) is 3.15. The van der Waals surface area contributed by atoms with Crippen molar-refractivity contribution in [2.45, 2.75) is 19.1 Å². The van der Waals surface area contributed by atoms with Crippen LogP contribution < -0.4 is 5.32 Å². The zero-order valence-corrected chi connectivity index (χ0v) is 11.1. The normalized spacial score (nSPS) is 14.0. The number of rotatable bonds is 5. The maximum absolute atomic E-state index is 13.1. The van der Waals surface area contributed by atoms with E-state index in [-0.39, 0.29) is 12.6 Å². The molecule has 0 saturated heterocycles. The summed E-state index contributed by atoms with van der Waals surface area (Å²) in [5.41, 5.74) is 1.39. The van der Waals surface area contributed by atoms with Crippen molar-refractivity contribution in [2.24, 2.45) is 0 Å². The van der Waals surface area contributed by atoms with Crippen LogP contribution in [0.3, 0.4) is 0 Å². The third kappa shape index (κ3) is 3.59. The Bertz CT molecular complexity index is 563. The Balaban J connectivity index is 1.95. The van der Waals surface area contributed by atoms with Gasteiger partial charge in [-0.3, -0.25) is 4.98 Å². The van der Waals surface area contributed by atoms with E-state index in [2.05, 4.69) is 10.3 Å². The predicted octanol–water partition coefficient (Wildman–Crippen LogP) is 2.74. The molecule has 1 aromatic heterocycles. The van der Waals surface area contributed by atoms with Crippen LogP contribution in [0.4, 0.5) is 8.78 Å². The number of halogens is 2. The number of hydrogen-bond donors (Lipinski definition) is 2. The number of pyridine rings is 1. The molecule has 0 saturated carbocycles. The fourth-order valence-electron chi connectivity index (χ4n) is 1.90. The molecule has 0 aliphatic heterocycles. The van der Waals surface area contributed by atoms with Crippen molar-refractivity contribution in [1.82, 2.24) is 10.3 Å². The van der Waals surface area contributed by atoms with Gasteiger partial charge in [-0.15, -0.1) is 0 Å². The van der Waals surface area contributed by atoms with E-state index in [0.29, 0.717) is 5.56 Å². The molecule has 0 spiro atoms. The Kier molecular flexibility index (Phi) is 4.76. The highest BCUT2D eigenvalue weighted by molar-refractivity contribution is 5.20. The molecular formula is C15H16F2N2O. The number of nitrogens with zero attached hydrogens (tertiary/aromatic N) is 1. The minimum Gasteiger partial charge on any atom is -0.387 e. The van der Waals surface area contributed by atoms with Crippen molar-refractivity contribution in [3.05, 3.63) is 65.5 Å². The van der Waals surface area contributed by atoms with Gasteiger partial charge in [0.25, 0.3) is 0 Å². The SMILES string of the molecule is C[C@@H](NCC(O)c1ccc(F)c(F)c1)c1ccncc1. The summed E-state index contributed by atoms with van der Waals surface area (Å²) >= 11 is 0. The smallest absolute Gasteiger partial charge is 0.159 e. The molecule has 2 rings (SSSR count). The molecule has 1 aromatic carbocycles. The third-order valence-corrected chi connectivity index (χ3v) is 3.15. The Morgan fingerprint density at radius 1 is 1.10 bits per heavy atom. The van der Waals surface area contributed by atoms with Crippen LogP contribution in [-0.2, 0) is 0 Å². The number of hydrogen-bond acceptors (Lipinski definition) is 3. The zero-order chi connectivity index (χ0) is 14.5. The Hall–Kier alpha value is -1.85. The van der Waals surface area contributed by atoms with Crippen molar-refractivity contribution < 1.29 is 13.9 Å². The lowest BCUT2D eigenvalue weighted by Gasteiger charge is -2.17. The van der Waals surface area contributed by atoms with Crippen LogP contribution in [0, 0.1) is 11.6 Å². The van der Waals surface area contributed by atoms with Crippen molar-refractivity contribution in [2.75, 3.05) is 6.54 Å². The quantitative estimate of drug-likeness (QED) is 0.884. The van der Waals surface area contributed by atoms with Crippen molar-refractivity contribution in [3.63, 3.8) is 0 Å². The molecule has 2 atom stereocenters. The zero-order valence-electron chi connectivity index (χ0n) is 11.1. The van der Waals surface area contributed by atoms with Gasteiger partial charge in [-0.1, -0.05) is 6.07 Å². The molecule has 1 unspecified atom stereocenters. The van der Waals surface area contributed by atoms with Crippen LogP contribution in [-0.4, -0.2) is 16.6 Å². The van der Waals surface area contributed by atoms with E-state index in [9.17, 15) is 13.9 Å². The Labute approximate surface area is 116 Å². The van der Waals surface area contributed by atoms with Gasteiger partial charge in [0, 0.05) is 25.0 Å². The highest BCUT2D eigenvalue weighted by atomic mass is 19.2. The standard InChI is InChI=1S/C15H16F2N2O/c1-10(11-4-6-18-7-5-11)19-9-15(20)12-2-3-13(16)14(17)8-12/h2-8,10,15,19-20H,9H2,1H3/t10-,15?/m1/s1. The summed E-state index contributed by atoms with van der Waals surface area (Å²) in [4.78, 5) is 3.93. The van der Waals surface area contributed by atoms with Crippen LogP contribution >= 0.6 is 0 Å². The van der Waals surface area contributed by atoms with E-state index < -0.39 is 17.7 Å². The minimum absolute atomic E-state index is 0.0259. The molecule has 2 aromatic rings. The number of benzene rings is 1. The van der Waals surface area contributed by atoms with E-state index in [1.807, 2.05) is 19.1 Å². The second-order valence-electron chi connectivity index (χ2n) is 4.60. The largest absolute Gasteiger partial charge is 0.387 e. The lowest BCUT2D eigenvalue weighted by Crippen LogP contribution is -2.24. The first kappa shape index (κ1) is 14.6. The van der Waals surface area contributed by atoms with Gasteiger partial charge >= 0.3 is 0 Å². The van der Waals surface area contributed by atoms with Gasteiger partial charge in [-0.05, 0) is 42.3 Å². The molecule has 5 heteroatoms. The van der Waals surface area contributed by atoms with Gasteiger partial charge < -0.3 is 10.4 Å². The van der Waals surface area contributed by atoms with Crippen molar-refractivity contribution >= 4 is 0 Å². The first-order valence-corrected chi connectivity index (χ1v) is 6.34. The van der Waals surface area contributed by atoms with Crippen LogP contribution in [0.25, 0.3) is 0 Å². The van der Waals surface area contributed by atoms with E-state index in [0.717, 1.165) is 17.7 Å². The van der Waals surface area contributed by atoms with E-state index in [1.165, 1.54) is 6.07 Å². The second-order valence-corrected chi connectivity index (χ2v) is 4.60. The number of nitrogens with one attached hydrogen (secondary N) is 1. The highest BCUT2D eigenvalue weighted by Crippen LogP contribution is 2.17. The van der Waals surface area contributed by atoms with Gasteiger partial charge in [0.1, 0.15) is 0 Å². The van der Waals surface area contributed by atoms with Gasteiger partial charge in [0.2, 0.25) is 0 Å². The molecule has 0 aliphatic carbocycles. The first-order valence-electron chi connectivity index (χ1n) is 6.34. The fraction of sp³-hybridized carbons (Fsp3) is 0.267. The number of aliphatic hydroxyl groups is 1.